The second kappa shape index (κ2) is 9.26. The number of likely N-dealkylation sites (N-methyl/N-ethyl adjacent to an activating group) is 1. The van der Waals surface area contributed by atoms with Gasteiger partial charge in [0.05, 0.1) is 7.11 Å². The van der Waals surface area contributed by atoms with Crippen LogP contribution in [-0.2, 0) is 14.3 Å². The molecule has 0 atom stereocenters. The zero-order valence-electron chi connectivity index (χ0n) is 13.5. The number of carbonyl (C=O) groups excluding carboxylic acids is 2. The molecule has 1 aromatic carbocycles. The molecule has 0 heterocycles. The molecule has 0 fully saturated rings. The highest BCUT2D eigenvalue weighted by Crippen LogP contribution is 2.14. The van der Waals surface area contributed by atoms with E-state index in [9.17, 15) is 9.59 Å². The summed E-state index contributed by atoms with van der Waals surface area (Å²) in [5, 5.41) is 9.09. The van der Waals surface area contributed by atoms with Gasteiger partial charge in [-0.1, -0.05) is 12.1 Å². The fourth-order valence-corrected chi connectivity index (χ4v) is 1.88. The summed E-state index contributed by atoms with van der Waals surface area (Å²) < 4.78 is 9.95. The lowest BCUT2D eigenvalue weighted by molar-refractivity contribution is -0.148. The van der Waals surface area contributed by atoms with Crippen LogP contribution >= 0.6 is 0 Å². The fraction of sp³-hybridized carbons (Fsp3) is 0.353. The highest BCUT2D eigenvalue weighted by atomic mass is 16.5. The molecule has 0 aromatic heterocycles. The minimum absolute atomic E-state index is 0.164. The number of hydrogen-bond acceptors (Lipinski definition) is 5. The summed E-state index contributed by atoms with van der Waals surface area (Å²) in [5.74, 6) is -0.429. The van der Waals surface area contributed by atoms with E-state index in [-0.39, 0.29) is 18.1 Å². The van der Waals surface area contributed by atoms with Crippen LogP contribution in [0, 0.1) is 11.3 Å². The van der Waals surface area contributed by atoms with Gasteiger partial charge >= 0.3 is 5.97 Å². The number of nitrogens with zero attached hydrogens (tertiary/aromatic N) is 2. The van der Waals surface area contributed by atoms with E-state index in [2.05, 4.69) is 0 Å². The SMILES string of the molecule is CCN(CC)C(=O)COC(=O)/C(C#N)=C/c1ccc(OC)cc1. The van der Waals surface area contributed by atoms with Crippen molar-refractivity contribution in [1.82, 2.24) is 4.90 Å². The lowest BCUT2D eigenvalue weighted by Gasteiger charge is -2.18. The lowest BCUT2D eigenvalue weighted by atomic mass is 10.1. The second-order valence-electron chi connectivity index (χ2n) is 4.59. The predicted octanol–water partition coefficient (Wildman–Crippen LogP) is 2.01. The summed E-state index contributed by atoms with van der Waals surface area (Å²) in [4.78, 5) is 25.2. The van der Waals surface area contributed by atoms with Gasteiger partial charge in [0.25, 0.3) is 5.91 Å². The van der Waals surface area contributed by atoms with Crippen LogP contribution in [0.5, 0.6) is 5.75 Å². The Balaban J connectivity index is 2.73. The Morgan fingerprint density at radius 1 is 1.22 bits per heavy atom. The quantitative estimate of drug-likeness (QED) is 0.437. The molecule has 1 amide bonds. The molecule has 6 nitrogen and oxygen atoms in total. The Labute approximate surface area is 135 Å². The molecule has 1 rings (SSSR count). The van der Waals surface area contributed by atoms with E-state index in [1.807, 2.05) is 13.8 Å². The van der Waals surface area contributed by atoms with E-state index in [0.717, 1.165) is 0 Å². The number of ether oxygens (including phenoxy) is 2. The van der Waals surface area contributed by atoms with Crippen LogP contribution in [0.1, 0.15) is 19.4 Å². The molecule has 0 spiro atoms. The first-order valence-electron chi connectivity index (χ1n) is 7.26. The molecule has 6 heteroatoms. The number of benzene rings is 1. The number of amides is 1. The standard InChI is InChI=1S/C17H20N2O4/c1-4-19(5-2)16(20)12-23-17(21)14(11-18)10-13-6-8-15(22-3)9-7-13/h6-10H,4-5,12H2,1-3H3/b14-10+. The van der Waals surface area contributed by atoms with Crippen LogP contribution < -0.4 is 4.74 Å². The maximum atomic E-state index is 11.9. The smallest absolute Gasteiger partial charge is 0.349 e. The third-order valence-corrected chi connectivity index (χ3v) is 3.21. The van der Waals surface area contributed by atoms with Gasteiger partial charge in [-0.05, 0) is 37.6 Å². The first kappa shape index (κ1) is 18.2. The summed E-state index contributed by atoms with van der Waals surface area (Å²) in [7, 11) is 1.55. The second-order valence-corrected chi connectivity index (χ2v) is 4.59. The first-order valence-corrected chi connectivity index (χ1v) is 7.26. The monoisotopic (exact) mass is 316 g/mol. The number of rotatable bonds is 7. The zero-order chi connectivity index (χ0) is 17.2. The van der Waals surface area contributed by atoms with Crippen molar-refractivity contribution >= 4 is 18.0 Å². The average Bonchev–Trinajstić information content (AvgIpc) is 2.59. The topological polar surface area (TPSA) is 79.6 Å². The minimum atomic E-state index is -0.816. The fourth-order valence-electron chi connectivity index (χ4n) is 1.88. The van der Waals surface area contributed by atoms with Crippen molar-refractivity contribution < 1.29 is 19.1 Å². The molecule has 23 heavy (non-hydrogen) atoms. The average molecular weight is 316 g/mol. The largest absolute Gasteiger partial charge is 0.497 e. The Kier molecular flexibility index (Phi) is 7.34. The Bertz CT molecular complexity index is 610. The van der Waals surface area contributed by atoms with Gasteiger partial charge in [0, 0.05) is 13.1 Å². The Hall–Kier alpha value is -2.81. The van der Waals surface area contributed by atoms with E-state index in [0.29, 0.717) is 24.4 Å². The van der Waals surface area contributed by atoms with Gasteiger partial charge in [-0.3, -0.25) is 4.79 Å². The van der Waals surface area contributed by atoms with Crippen molar-refractivity contribution in [1.29, 1.82) is 5.26 Å². The molecule has 0 aliphatic rings. The Morgan fingerprint density at radius 2 is 1.83 bits per heavy atom. The number of nitriles is 1. The molecule has 0 aliphatic carbocycles. The highest BCUT2D eigenvalue weighted by molar-refractivity contribution is 5.98. The molecule has 0 bridgehead atoms. The molecule has 0 unspecified atom stereocenters. The van der Waals surface area contributed by atoms with E-state index in [4.69, 9.17) is 14.7 Å². The van der Waals surface area contributed by atoms with Crippen molar-refractivity contribution in [3.8, 4) is 11.8 Å². The van der Waals surface area contributed by atoms with Crippen LogP contribution in [0.15, 0.2) is 29.8 Å². The summed E-state index contributed by atoms with van der Waals surface area (Å²) in [6, 6.07) is 8.65. The summed E-state index contributed by atoms with van der Waals surface area (Å²) >= 11 is 0. The Morgan fingerprint density at radius 3 is 2.30 bits per heavy atom. The van der Waals surface area contributed by atoms with Gasteiger partial charge in [-0.15, -0.1) is 0 Å². The maximum Gasteiger partial charge on any atom is 0.349 e. The van der Waals surface area contributed by atoms with Gasteiger partial charge in [0.15, 0.2) is 6.61 Å². The van der Waals surface area contributed by atoms with Gasteiger partial charge in [0.1, 0.15) is 17.4 Å². The van der Waals surface area contributed by atoms with Gasteiger partial charge < -0.3 is 14.4 Å². The van der Waals surface area contributed by atoms with Gasteiger partial charge in [0.2, 0.25) is 0 Å². The highest BCUT2D eigenvalue weighted by Gasteiger charge is 2.15. The number of hydrogen-bond donors (Lipinski definition) is 0. The van der Waals surface area contributed by atoms with E-state index >= 15 is 0 Å². The van der Waals surface area contributed by atoms with Gasteiger partial charge in [-0.25, -0.2) is 4.79 Å². The molecule has 122 valence electrons. The predicted molar refractivity (Wildman–Crippen MR) is 85.5 cm³/mol. The maximum absolute atomic E-state index is 11.9. The number of esters is 1. The molecule has 0 saturated carbocycles. The van der Waals surface area contributed by atoms with Gasteiger partial charge in [-0.2, -0.15) is 5.26 Å². The number of carbonyl (C=O) groups is 2. The lowest BCUT2D eigenvalue weighted by Crippen LogP contribution is -2.34. The first-order chi connectivity index (χ1) is 11.0. The molecule has 0 aliphatic heterocycles. The van der Waals surface area contributed by atoms with Crippen LogP contribution in [0.25, 0.3) is 6.08 Å². The molecule has 1 aromatic rings. The van der Waals surface area contributed by atoms with Crippen molar-refractivity contribution in [2.75, 3.05) is 26.8 Å². The van der Waals surface area contributed by atoms with E-state index in [1.165, 1.54) is 6.08 Å². The van der Waals surface area contributed by atoms with Crippen molar-refractivity contribution in [2.45, 2.75) is 13.8 Å². The van der Waals surface area contributed by atoms with Crippen LogP contribution in [0.2, 0.25) is 0 Å². The van der Waals surface area contributed by atoms with E-state index < -0.39 is 5.97 Å². The third-order valence-electron chi connectivity index (χ3n) is 3.21. The third kappa shape index (κ3) is 5.47. The molecule has 0 radical (unpaired) electrons. The van der Waals surface area contributed by atoms with Crippen molar-refractivity contribution in [3.63, 3.8) is 0 Å². The van der Waals surface area contributed by atoms with Crippen LogP contribution in [-0.4, -0.2) is 43.6 Å². The van der Waals surface area contributed by atoms with Crippen molar-refractivity contribution in [3.05, 3.63) is 35.4 Å². The van der Waals surface area contributed by atoms with Crippen LogP contribution in [0.3, 0.4) is 0 Å². The summed E-state index contributed by atoms with van der Waals surface area (Å²) in [6.07, 6.45) is 1.41. The zero-order valence-corrected chi connectivity index (χ0v) is 13.5. The summed E-state index contributed by atoms with van der Waals surface area (Å²) in [5.41, 5.74) is 0.497. The van der Waals surface area contributed by atoms with E-state index in [1.54, 1.807) is 42.3 Å². The van der Waals surface area contributed by atoms with Crippen molar-refractivity contribution in [2.24, 2.45) is 0 Å². The van der Waals surface area contributed by atoms with Crippen LogP contribution in [0.4, 0.5) is 0 Å². The molecular weight excluding hydrogens is 296 g/mol. The normalized spacial score (nSPS) is 10.6. The summed E-state index contributed by atoms with van der Waals surface area (Å²) in [6.45, 7) is 4.39. The number of methoxy groups -OCH3 is 1. The minimum Gasteiger partial charge on any atom is -0.497 e. The molecule has 0 saturated heterocycles. The molecule has 0 N–H and O–H groups in total. The molecular formula is C17H20N2O4.